The van der Waals surface area contributed by atoms with Gasteiger partial charge < -0.3 is 9.80 Å². The van der Waals surface area contributed by atoms with Gasteiger partial charge in [0.15, 0.2) is 5.82 Å². The van der Waals surface area contributed by atoms with Crippen molar-refractivity contribution in [1.82, 2.24) is 14.9 Å². The lowest BCUT2D eigenvalue weighted by molar-refractivity contribution is -0.132. The minimum atomic E-state index is 0.0380. The van der Waals surface area contributed by atoms with E-state index in [-0.39, 0.29) is 11.8 Å². The number of carbonyl (C=O) groups excluding carboxylic acids is 1. The van der Waals surface area contributed by atoms with Gasteiger partial charge in [-0.1, -0.05) is 11.6 Å². The summed E-state index contributed by atoms with van der Waals surface area (Å²) in [4.78, 5) is 23.5. The second-order valence-electron chi connectivity index (χ2n) is 4.36. The molecule has 6 heteroatoms. The summed E-state index contributed by atoms with van der Waals surface area (Å²) in [6.07, 6.45) is 3.89. The van der Waals surface area contributed by atoms with Crippen molar-refractivity contribution in [3.8, 4) is 0 Å². The maximum Gasteiger partial charge on any atom is 0.227 e. The van der Waals surface area contributed by atoms with Crippen LogP contribution in [0.2, 0.25) is 5.02 Å². The number of halogens is 1. The molecular formula is C11H15ClN4O. The summed E-state index contributed by atoms with van der Waals surface area (Å²) >= 11 is 6.03. The number of hydrogen-bond donors (Lipinski definition) is 0. The molecule has 0 radical (unpaired) electrons. The Bertz CT molecular complexity index is 424. The zero-order valence-electron chi connectivity index (χ0n) is 9.93. The minimum absolute atomic E-state index is 0.0380. The molecular weight excluding hydrogens is 240 g/mol. The van der Waals surface area contributed by atoms with Crippen molar-refractivity contribution in [1.29, 1.82) is 0 Å². The molecule has 0 aliphatic carbocycles. The molecule has 1 saturated heterocycles. The van der Waals surface area contributed by atoms with Crippen molar-refractivity contribution >= 4 is 23.3 Å². The highest BCUT2D eigenvalue weighted by Gasteiger charge is 2.30. The Morgan fingerprint density at radius 2 is 2.35 bits per heavy atom. The van der Waals surface area contributed by atoms with Gasteiger partial charge in [0.2, 0.25) is 5.91 Å². The summed E-state index contributed by atoms with van der Waals surface area (Å²) in [5.74, 6) is 0.921. The van der Waals surface area contributed by atoms with Crippen LogP contribution in [0.3, 0.4) is 0 Å². The summed E-state index contributed by atoms with van der Waals surface area (Å²) < 4.78 is 0. The minimum Gasteiger partial charge on any atom is -0.354 e. The Kier molecular flexibility index (Phi) is 3.47. The van der Waals surface area contributed by atoms with Gasteiger partial charge >= 0.3 is 0 Å². The monoisotopic (exact) mass is 254 g/mol. The molecule has 0 N–H and O–H groups in total. The van der Waals surface area contributed by atoms with E-state index in [0.29, 0.717) is 11.6 Å². The zero-order valence-corrected chi connectivity index (χ0v) is 10.7. The fraction of sp³-hybridized carbons (Fsp3) is 0.545. The highest BCUT2D eigenvalue weighted by Crippen LogP contribution is 2.27. The van der Waals surface area contributed by atoms with Crippen molar-refractivity contribution in [2.45, 2.75) is 6.42 Å². The van der Waals surface area contributed by atoms with Gasteiger partial charge in [0.05, 0.1) is 12.1 Å². The lowest BCUT2D eigenvalue weighted by Crippen LogP contribution is -2.32. The SMILES string of the molecule is CN(C)C(=O)C1CCN(c2ncncc2Cl)C1. The summed E-state index contributed by atoms with van der Waals surface area (Å²) in [5.41, 5.74) is 0. The molecule has 1 atom stereocenters. The summed E-state index contributed by atoms with van der Waals surface area (Å²) in [5, 5.41) is 0.533. The molecule has 5 nitrogen and oxygen atoms in total. The molecule has 92 valence electrons. The van der Waals surface area contributed by atoms with E-state index in [0.717, 1.165) is 18.8 Å². The molecule has 1 unspecified atom stereocenters. The molecule has 2 rings (SSSR count). The van der Waals surface area contributed by atoms with Crippen molar-refractivity contribution in [2.75, 3.05) is 32.1 Å². The Hall–Kier alpha value is -1.36. The molecule has 0 aromatic carbocycles. The number of anilines is 1. The normalized spacial score (nSPS) is 19.5. The zero-order chi connectivity index (χ0) is 12.4. The number of hydrogen-bond acceptors (Lipinski definition) is 4. The highest BCUT2D eigenvalue weighted by molar-refractivity contribution is 6.32. The van der Waals surface area contributed by atoms with Crippen LogP contribution in [-0.2, 0) is 4.79 Å². The number of amides is 1. The van der Waals surface area contributed by atoms with Crippen molar-refractivity contribution in [3.63, 3.8) is 0 Å². The van der Waals surface area contributed by atoms with Crippen LogP contribution >= 0.6 is 11.6 Å². The third kappa shape index (κ3) is 2.49. The summed E-state index contributed by atoms with van der Waals surface area (Å²) in [6, 6.07) is 0. The van der Waals surface area contributed by atoms with Crippen LogP contribution in [-0.4, -0.2) is 48.0 Å². The molecule has 1 amide bonds. The van der Waals surface area contributed by atoms with E-state index in [1.807, 2.05) is 4.90 Å². The molecule has 0 bridgehead atoms. The Morgan fingerprint density at radius 1 is 1.59 bits per heavy atom. The number of nitrogens with zero attached hydrogens (tertiary/aromatic N) is 4. The molecule has 1 aromatic heterocycles. The van der Waals surface area contributed by atoms with Crippen LogP contribution in [0.1, 0.15) is 6.42 Å². The maximum absolute atomic E-state index is 11.8. The van der Waals surface area contributed by atoms with Gasteiger partial charge in [0, 0.05) is 27.2 Å². The van der Waals surface area contributed by atoms with E-state index in [1.54, 1.807) is 25.2 Å². The molecule has 1 fully saturated rings. The van der Waals surface area contributed by atoms with Gasteiger partial charge in [-0.25, -0.2) is 9.97 Å². The molecule has 0 saturated carbocycles. The lowest BCUT2D eigenvalue weighted by Gasteiger charge is -2.19. The fourth-order valence-electron chi connectivity index (χ4n) is 2.06. The van der Waals surface area contributed by atoms with Crippen LogP contribution in [0.15, 0.2) is 12.5 Å². The average Bonchev–Trinajstić information content (AvgIpc) is 2.77. The standard InChI is InChI=1S/C11H15ClN4O/c1-15(2)11(17)8-3-4-16(6-8)10-9(12)5-13-7-14-10/h5,7-8H,3-4,6H2,1-2H3. The van der Waals surface area contributed by atoms with Crippen LogP contribution in [0.4, 0.5) is 5.82 Å². The topological polar surface area (TPSA) is 49.3 Å². The van der Waals surface area contributed by atoms with Gasteiger partial charge in [-0.3, -0.25) is 4.79 Å². The molecule has 2 heterocycles. The first-order valence-corrected chi connectivity index (χ1v) is 5.89. The van der Waals surface area contributed by atoms with Crippen molar-refractivity contribution in [2.24, 2.45) is 5.92 Å². The number of rotatable bonds is 2. The van der Waals surface area contributed by atoms with Gasteiger partial charge in [-0.05, 0) is 6.42 Å². The average molecular weight is 255 g/mol. The van der Waals surface area contributed by atoms with E-state index in [9.17, 15) is 4.79 Å². The van der Waals surface area contributed by atoms with E-state index in [1.165, 1.54) is 6.33 Å². The van der Waals surface area contributed by atoms with Gasteiger partial charge in [-0.2, -0.15) is 0 Å². The van der Waals surface area contributed by atoms with Gasteiger partial charge in [0.25, 0.3) is 0 Å². The first-order chi connectivity index (χ1) is 8.09. The Morgan fingerprint density at radius 3 is 3.00 bits per heavy atom. The van der Waals surface area contributed by atoms with E-state index < -0.39 is 0 Å². The maximum atomic E-state index is 11.8. The number of carbonyl (C=O) groups is 1. The third-order valence-electron chi connectivity index (χ3n) is 2.93. The van der Waals surface area contributed by atoms with Crippen LogP contribution < -0.4 is 4.90 Å². The van der Waals surface area contributed by atoms with Crippen LogP contribution in [0, 0.1) is 5.92 Å². The Balaban J connectivity index is 2.08. The predicted molar refractivity (Wildman–Crippen MR) is 66.1 cm³/mol. The lowest BCUT2D eigenvalue weighted by atomic mass is 10.1. The molecule has 17 heavy (non-hydrogen) atoms. The third-order valence-corrected chi connectivity index (χ3v) is 3.19. The molecule has 1 aliphatic rings. The predicted octanol–water partition coefficient (Wildman–Crippen LogP) is 1.04. The summed E-state index contributed by atoms with van der Waals surface area (Å²) in [6.45, 7) is 1.48. The number of aromatic nitrogens is 2. The van der Waals surface area contributed by atoms with E-state index in [4.69, 9.17) is 11.6 Å². The van der Waals surface area contributed by atoms with E-state index in [2.05, 4.69) is 9.97 Å². The second kappa shape index (κ2) is 4.87. The largest absolute Gasteiger partial charge is 0.354 e. The van der Waals surface area contributed by atoms with Crippen LogP contribution in [0.25, 0.3) is 0 Å². The smallest absolute Gasteiger partial charge is 0.227 e. The van der Waals surface area contributed by atoms with E-state index >= 15 is 0 Å². The highest BCUT2D eigenvalue weighted by atomic mass is 35.5. The molecule has 1 aromatic rings. The summed E-state index contributed by atoms with van der Waals surface area (Å²) in [7, 11) is 3.56. The van der Waals surface area contributed by atoms with Crippen LogP contribution in [0.5, 0.6) is 0 Å². The Labute approximate surface area is 105 Å². The first kappa shape index (κ1) is 12.1. The first-order valence-electron chi connectivity index (χ1n) is 5.51. The van der Waals surface area contributed by atoms with Gasteiger partial charge in [-0.15, -0.1) is 0 Å². The molecule has 1 aliphatic heterocycles. The van der Waals surface area contributed by atoms with Crippen molar-refractivity contribution in [3.05, 3.63) is 17.5 Å². The second-order valence-corrected chi connectivity index (χ2v) is 4.77. The quantitative estimate of drug-likeness (QED) is 0.792. The fourth-order valence-corrected chi connectivity index (χ4v) is 2.28. The molecule has 0 spiro atoms. The van der Waals surface area contributed by atoms with Crippen molar-refractivity contribution < 1.29 is 4.79 Å². The van der Waals surface area contributed by atoms with Gasteiger partial charge in [0.1, 0.15) is 11.3 Å².